The summed E-state index contributed by atoms with van der Waals surface area (Å²) in [4.78, 5) is 9.35. The van der Waals surface area contributed by atoms with Crippen molar-refractivity contribution in [2.45, 2.75) is 0 Å². The van der Waals surface area contributed by atoms with Gasteiger partial charge in [-0.1, -0.05) is 90.1 Å². The zero-order valence-electron chi connectivity index (χ0n) is 32.1. The maximum absolute atomic E-state index is 4.78. The van der Waals surface area contributed by atoms with Crippen LogP contribution < -0.4 is 0 Å². The van der Waals surface area contributed by atoms with Crippen LogP contribution in [0.15, 0.2) is 194 Å². The minimum atomic E-state index is 0.665. The lowest BCUT2D eigenvalue weighted by atomic mass is 10.1. The van der Waals surface area contributed by atoms with Crippen LogP contribution in [0, 0.1) is 0 Å². The van der Waals surface area contributed by atoms with E-state index in [-0.39, 0.29) is 0 Å². The third-order valence-electron chi connectivity index (χ3n) is 12.0. The Bertz CT molecular complexity index is 3570. The molecule has 280 valence electrons. The van der Waals surface area contributed by atoms with E-state index in [9.17, 15) is 0 Å². The van der Waals surface area contributed by atoms with E-state index in [0.717, 1.165) is 44.8 Å². The molecule has 0 radical (unpaired) electrons. The predicted octanol–water partition coefficient (Wildman–Crippen LogP) is 12.2. The minimum Gasteiger partial charge on any atom is -0.309 e. The molecule has 8 nitrogen and oxygen atoms in total. The van der Waals surface area contributed by atoms with Gasteiger partial charge in [0.15, 0.2) is 0 Å². The van der Waals surface area contributed by atoms with Gasteiger partial charge in [0.25, 0.3) is 0 Å². The first-order valence-corrected chi connectivity index (χ1v) is 20.1. The first-order chi connectivity index (χ1) is 29.7. The van der Waals surface area contributed by atoms with Gasteiger partial charge in [0.2, 0.25) is 0 Å². The topological polar surface area (TPSA) is 71.3 Å². The average molecular weight is 769 g/mol. The van der Waals surface area contributed by atoms with Crippen molar-refractivity contribution in [2.75, 3.05) is 0 Å². The van der Waals surface area contributed by atoms with Crippen LogP contribution in [0.5, 0.6) is 0 Å². The summed E-state index contributed by atoms with van der Waals surface area (Å²) in [5, 5.41) is 16.3. The van der Waals surface area contributed by atoms with Gasteiger partial charge >= 0.3 is 0 Å². The van der Waals surface area contributed by atoms with Gasteiger partial charge in [0, 0.05) is 49.4 Å². The van der Waals surface area contributed by atoms with E-state index in [4.69, 9.17) is 4.98 Å². The molecule has 5 heterocycles. The van der Waals surface area contributed by atoms with Crippen LogP contribution in [0.3, 0.4) is 0 Å². The SMILES string of the molecule is c1ccc2nc(-c3cn(-c4ccc(-n5c6ccc(-n7c8ccccc8c8ccccc87)cc6c6cc(-n7c8ccccc8c8ccccc87)ccc65)cc4)nn3)cnc2c1. The molecule has 13 rings (SSSR count). The van der Waals surface area contributed by atoms with Gasteiger partial charge in [-0.05, 0) is 97.1 Å². The highest BCUT2D eigenvalue weighted by atomic mass is 15.4. The molecule has 0 aliphatic rings. The molecule has 0 aliphatic heterocycles. The van der Waals surface area contributed by atoms with Crippen molar-refractivity contribution in [3.63, 3.8) is 0 Å². The van der Waals surface area contributed by atoms with Crippen LogP contribution in [-0.4, -0.2) is 38.7 Å². The first kappa shape index (κ1) is 32.7. The molecule has 0 saturated heterocycles. The Morgan fingerprint density at radius 3 is 1.28 bits per heavy atom. The van der Waals surface area contributed by atoms with E-state index < -0.39 is 0 Å². The maximum Gasteiger partial charge on any atom is 0.133 e. The van der Waals surface area contributed by atoms with Crippen LogP contribution >= 0.6 is 0 Å². The predicted molar refractivity (Wildman–Crippen MR) is 243 cm³/mol. The van der Waals surface area contributed by atoms with Crippen molar-refractivity contribution in [3.05, 3.63) is 194 Å². The fourth-order valence-electron chi connectivity index (χ4n) is 9.30. The van der Waals surface area contributed by atoms with Crippen LogP contribution in [0.1, 0.15) is 0 Å². The van der Waals surface area contributed by atoms with E-state index in [1.807, 2.05) is 30.5 Å². The number of rotatable bonds is 5. The van der Waals surface area contributed by atoms with Gasteiger partial charge in [0.1, 0.15) is 11.4 Å². The maximum atomic E-state index is 4.78. The first-order valence-electron chi connectivity index (χ1n) is 20.1. The summed E-state index contributed by atoms with van der Waals surface area (Å²) >= 11 is 0. The Kier molecular flexibility index (Phi) is 6.85. The molecule has 0 saturated carbocycles. The summed E-state index contributed by atoms with van der Waals surface area (Å²) in [6, 6.07) is 64.9. The lowest BCUT2D eigenvalue weighted by Crippen LogP contribution is -1.98. The zero-order chi connectivity index (χ0) is 39.3. The molecule has 0 amide bonds. The van der Waals surface area contributed by atoms with Crippen molar-refractivity contribution in [3.8, 4) is 34.1 Å². The van der Waals surface area contributed by atoms with Crippen LogP contribution in [0.2, 0.25) is 0 Å². The number of fused-ring (bicyclic) bond motifs is 10. The summed E-state index contributed by atoms with van der Waals surface area (Å²) in [5.74, 6) is 0. The normalized spacial score (nSPS) is 12.0. The molecule has 60 heavy (non-hydrogen) atoms. The standard InChI is InChI=1S/C52H32N8/c1-7-17-47-37(11-1)38-12-2-8-18-48(38)59(47)35-25-27-51-41(29-35)42-30-36(60-49-19-9-3-13-39(49)40-14-4-10-20-50(40)60)26-28-52(42)58(51)34-23-21-33(22-24-34)57-32-46(55-56-57)45-31-53-43-15-5-6-16-44(43)54-45/h1-32H. The molecular formula is C52H32N8. The fraction of sp³-hybridized carbons (Fsp3) is 0. The van der Waals surface area contributed by atoms with Crippen molar-refractivity contribution in [1.82, 2.24) is 38.7 Å². The van der Waals surface area contributed by atoms with Crippen molar-refractivity contribution < 1.29 is 0 Å². The minimum absolute atomic E-state index is 0.665. The number of para-hydroxylation sites is 6. The molecule has 8 aromatic carbocycles. The largest absolute Gasteiger partial charge is 0.309 e. The van der Waals surface area contributed by atoms with E-state index in [0.29, 0.717) is 11.4 Å². The fourth-order valence-corrected chi connectivity index (χ4v) is 9.30. The van der Waals surface area contributed by atoms with Gasteiger partial charge < -0.3 is 13.7 Å². The Morgan fingerprint density at radius 2 is 0.750 bits per heavy atom. The Morgan fingerprint density at radius 1 is 0.333 bits per heavy atom. The monoisotopic (exact) mass is 768 g/mol. The van der Waals surface area contributed by atoms with Crippen LogP contribution in [0.4, 0.5) is 0 Å². The number of nitrogens with zero attached hydrogens (tertiary/aromatic N) is 8. The summed E-state index contributed by atoms with van der Waals surface area (Å²) in [6.07, 6.45) is 3.65. The smallest absolute Gasteiger partial charge is 0.133 e. The summed E-state index contributed by atoms with van der Waals surface area (Å²) in [5.41, 5.74) is 14.2. The van der Waals surface area contributed by atoms with E-state index in [1.54, 1.807) is 10.9 Å². The van der Waals surface area contributed by atoms with Crippen LogP contribution in [0.25, 0.3) is 111 Å². The summed E-state index contributed by atoms with van der Waals surface area (Å²) in [7, 11) is 0. The second kappa shape index (κ2) is 12.6. The molecule has 8 heteroatoms. The number of hydrogen-bond donors (Lipinski definition) is 0. The third kappa shape index (κ3) is 4.79. The van der Waals surface area contributed by atoms with Gasteiger partial charge in [-0.25, -0.2) is 9.67 Å². The highest BCUT2D eigenvalue weighted by Crippen LogP contribution is 2.39. The van der Waals surface area contributed by atoms with Gasteiger partial charge in [-0.3, -0.25) is 4.98 Å². The molecule has 0 unspecified atom stereocenters. The molecule has 0 spiro atoms. The van der Waals surface area contributed by atoms with Crippen molar-refractivity contribution >= 4 is 76.5 Å². The highest BCUT2D eigenvalue weighted by molar-refractivity contribution is 6.14. The lowest BCUT2D eigenvalue weighted by molar-refractivity contribution is 0.803. The molecular weight excluding hydrogens is 737 g/mol. The highest BCUT2D eigenvalue weighted by Gasteiger charge is 2.19. The van der Waals surface area contributed by atoms with Gasteiger partial charge in [-0.2, -0.15) is 0 Å². The Hall–Kier alpha value is -8.36. The van der Waals surface area contributed by atoms with Crippen molar-refractivity contribution in [2.24, 2.45) is 0 Å². The molecule has 0 atom stereocenters. The molecule has 0 N–H and O–H groups in total. The second-order valence-electron chi connectivity index (χ2n) is 15.3. The number of aromatic nitrogens is 8. The lowest BCUT2D eigenvalue weighted by Gasteiger charge is -2.11. The van der Waals surface area contributed by atoms with E-state index in [1.165, 1.54) is 54.4 Å². The summed E-state index contributed by atoms with van der Waals surface area (Å²) < 4.78 is 8.96. The quantitative estimate of drug-likeness (QED) is 0.175. The molecule has 0 aliphatic carbocycles. The van der Waals surface area contributed by atoms with E-state index >= 15 is 0 Å². The third-order valence-corrected chi connectivity index (χ3v) is 12.0. The van der Waals surface area contributed by atoms with Gasteiger partial charge in [-0.15, -0.1) is 5.10 Å². The summed E-state index contributed by atoms with van der Waals surface area (Å²) in [6.45, 7) is 0. The molecule has 0 fully saturated rings. The molecule has 0 bridgehead atoms. The number of benzene rings is 8. The zero-order valence-corrected chi connectivity index (χ0v) is 32.1. The molecule has 5 aromatic heterocycles. The Balaban J connectivity index is 0.992. The van der Waals surface area contributed by atoms with Crippen molar-refractivity contribution in [1.29, 1.82) is 0 Å². The molecule has 13 aromatic rings. The Labute approximate surface area is 342 Å². The van der Waals surface area contributed by atoms with Crippen LogP contribution in [-0.2, 0) is 0 Å². The number of hydrogen-bond acceptors (Lipinski definition) is 4. The van der Waals surface area contributed by atoms with E-state index in [2.05, 4.69) is 187 Å². The average Bonchev–Trinajstić information content (AvgIpc) is 4.09. The van der Waals surface area contributed by atoms with Gasteiger partial charge in [0.05, 0.1) is 62.2 Å². The second-order valence-corrected chi connectivity index (χ2v) is 15.3.